The van der Waals surface area contributed by atoms with E-state index >= 15 is 0 Å². The van der Waals surface area contributed by atoms with E-state index in [1.165, 1.54) is 11.8 Å². The summed E-state index contributed by atoms with van der Waals surface area (Å²) >= 11 is 1.34. The maximum Gasteiger partial charge on any atom is 0.235 e. The van der Waals surface area contributed by atoms with Crippen LogP contribution < -0.4 is 0 Å². The number of aromatic nitrogens is 1. The number of aryl methyl sites for hydroxylation is 1. The molecule has 0 bridgehead atoms. The lowest BCUT2D eigenvalue weighted by Crippen LogP contribution is -2.00. The normalized spacial score (nSPS) is 10.0. The second-order valence-electron chi connectivity index (χ2n) is 2.22. The molecule has 0 unspecified atom stereocenters. The Kier molecular flexibility index (Phi) is 2.76. The molecule has 0 radical (unpaired) electrons. The lowest BCUT2D eigenvalue weighted by atomic mass is 10.5. The van der Waals surface area contributed by atoms with E-state index in [2.05, 4.69) is 0 Å². The first kappa shape index (κ1) is 8.40. The molecule has 11 heavy (non-hydrogen) atoms. The van der Waals surface area contributed by atoms with E-state index in [1.807, 2.05) is 36.9 Å². The molecule has 0 saturated carbocycles. The van der Waals surface area contributed by atoms with Crippen LogP contribution in [0.2, 0.25) is 0 Å². The lowest BCUT2D eigenvalue weighted by molar-refractivity contribution is 0.108. The zero-order chi connectivity index (χ0) is 8.27. The molecule has 1 rings (SSSR count). The molecule has 1 heterocycles. The van der Waals surface area contributed by atoms with Crippen LogP contribution in [0.15, 0.2) is 18.3 Å². The van der Waals surface area contributed by atoms with Gasteiger partial charge >= 0.3 is 0 Å². The molecule has 0 atom stereocenters. The van der Waals surface area contributed by atoms with Gasteiger partial charge in [-0.05, 0) is 17.9 Å². The first-order valence-corrected chi connectivity index (χ1v) is 4.52. The standard InChI is InChI=1S/C8H11NOS/c1-3-11-8(10)7-5-4-6-9(7)2/h4-6H,3H2,1-2H3. The number of carbonyl (C=O) groups is 1. The number of rotatable bonds is 2. The molecule has 0 aliphatic rings. The average Bonchev–Trinajstić information content (AvgIpc) is 2.36. The minimum Gasteiger partial charge on any atom is -0.347 e. The summed E-state index contributed by atoms with van der Waals surface area (Å²) in [7, 11) is 1.88. The smallest absolute Gasteiger partial charge is 0.235 e. The summed E-state index contributed by atoms with van der Waals surface area (Å²) in [5.74, 6) is 0.837. The molecule has 0 aliphatic carbocycles. The van der Waals surface area contributed by atoms with Crippen LogP contribution in [-0.4, -0.2) is 15.4 Å². The highest BCUT2D eigenvalue weighted by molar-refractivity contribution is 8.14. The largest absolute Gasteiger partial charge is 0.347 e. The number of nitrogens with zero attached hydrogens (tertiary/aromatic N) is 1. The zero-order valence-electron chi connectivity index (χ0n) is 6.70. The third-order valence-electron chi connectivity index (χ3n) is 1.43. The molecule has 1 aromatic heterocycles. The third kappa shape index (κ3) is 1.87. The van der Waals surface area contributed by atoms with Crippen molar-refractivity contribution in [1.82, 2.24) is 4.57 Å². The van der Waals surface area contributed by atoms with Crippen molar-refractivity contribution in [3.8, 4) is 0 Å². The summed E-state index contributed by atoms with van der Waals surface area (Å²) in [5.41, 5.74) is 0.775. The van der Waals surface area contributed by atoms with E-state index < -0.39 is 0 Å². The molecular weight excluding hydrogens is 158 g/mol. The van der Waals surface area contributed by atoms with E-state index in [1.54, 1.807) is 0 Å². The van der Waals surface area contributed by atoms with Gasteiger partial charge in [-0.1, -0.05) is 18.7 Å². The van der Waals surface area contributed by atoms with Gasteiger partial charge in [0.05, 0.1) is 5.69 Å². The summed E-state index contributed by atoms with van der Waals surface area (Å²) in [6.45, 7) is 1.98. The van der Waals surface area contributed by atoms with Crippen LogP contribution in [0.3, 0.4) is 0 Å². The van der Waals surface area contributed by atoms with Gasteiger partial charge in [0.1, 0.15) is 0 Å². The minimum atomic E-state index is 0.153. The Hall–Kier alpha value is -0.700. The van der Waals surface area contributed by atoms with Gasteiger partial charge in [0.25, 0.3) is 0 Å². The topological polar surface area (TPSA) is 22.0 Å². The monoisotopic (exact) mass is 169 g/mol. The maximum absolute atomic E-state index is 11.3. The summed E-state index contributed by atoms with van der Waals surface area (Å²) in [6, 6.07) is 3.72. The maximum atomic E-state index is 11.3. The minimum absolute atomic E-state index is 0.153. The van der Waals surface area contributed by atoms with E-state index in [9.17, 15) is 4.79 Å². The van der Waals surface area contributed by atoms with Gasteiger partial charge in [0, 0.05) is 13.2 Å². The summed E-state index contributed by atoms with van der Waals surface area (Å²) in [5, 5.41) is 0.153. The van der Waals surface area contributed by atoms with Gasteiger partial charge in [-0.3, -0.25) is 4.79 Å². The molecule has 0 fully saturated rings. The van der Waals surface area contributed by atoms with Crippen molar-refractivity contribution in [2.24, 2.45) is 7.05 Å². The number of hydrogen-bond donors (Lipinski definition) is 0. The first-order chi connectivity index (χ1) is 5.25. The number of carbonyl (C=O) groups excluding carboxylic acids is 1. The molecule has 0 saturated heterocycles. The van der Waals surface area contributed by atoms with E-state index in [-0.39, 0.29) is 5.12 Å². The van der Waals surface area contributed by atoms with Gasteiger partial charge in [0.15, 0.2) is 0 Å². The Bertz CT molecular complexity index is 254. The zero-order valence-corrected chi connectivity index (χ0v) is 7.52. The molecule has 3 heteroatoms. The highest BCUT2D eigenvalue weighted by atomic mass is 32.2. The van der Waals surface area contributed by atoms with Crippen LogP contribution in [0.25, 0.3) is 0 Å². The Morgan fingerprint density at radius 2 is 2.45 bits per heavy atom. The Balaban J connectivity index is 2.76. The quantitative estimate of drug-likeness (QED) is 0.674. The molecule has 60 valence electrons. The van der Waals surface area contributed by atoms with Crippen molar-refractivity contribution in [2.75, 3.05) is 5.75 Å². The predicted molar refractivity (Wildman–Crippen MR) is 47.9 cm³/mol. The Morgan fingerprint density at radius 3 is 2.91 bits per heavy atom. The van der Waals surface area contributed by atoms with Crippen molar-refractivity contribution in [3.63, 3.8) is 0 Å². The summed E-state index contributed by atoms with van der Waals surface area (Å²) in [6.07, 6.45) is 1.88. The Labute approximate surface area is 70.6 Å². The highest BCUT2D eigenvalue weighted by Crippen LogP contribution is 2.11. The molecule has 0 spiro atoms. The molecule has 0 amide bonds. The van der Waals surface area contributed by atoms with Gasteiger partial charge in [-0.2, -0.15) is 0 Å². The van der Waals surface area contributed by atoms with Crippen molar-refractivity contribution in [1.29, 1.82) is 0 Å². The molecule has 0 aromatic carbocycles. The average molecular weight is 169 g/mol. The molecule has 1 aromatic rings. The van der Waals surface area contributed by atoms with Gasteiger partial charge in [0.2, 0.25) is 5.12 Å². The van der Waals surface area contributed by atoms with Gasteiger partial charge in [-0.25, -0.2) is 0 Å². The molecule has 0 N–H and O–H groups in total. The van der Waals surface area contributed by atoms with Gasteiger partial charge in [-0.15, -0.1) is 0 Å². The fourth-order valence-electron chi connectivity index (χ4n) is 0.878. The first-order valence-electron chi connectivity index (χ1n) is 3.54. The second kappa shape index (κ2) is 3.62. The van der Waals surface area contributed by atoms with Crippen molar-refractivity contribution < 1.29 is 4.79 Å². The van der Waals surface area contributed by atoms with Crippen LogP contribution in [-0.2, 0) is 7.05 Å². The van der Waals surface area contributed by atoms with Crippen molar-refractivity contribution in [3.05, 3.63) is 24.0 Å². The SMILES string of the molecule is CCSC(=O)c1cccn1C. The van der Waals surface area contributed by atoms with Crippen molar-refractivity contribution >= 4 is 16.9 Å². The van der Waals surface area contributed by atoms with E-state index in [4.69, 9.17) is 0 Å². The van der Waals surface area contributed by atoms with Crippen molar-refractivity contribution in [2.45, 2.75) is 6.92 Å². The lowest BCUT2D eigenvalue weighted by Gasteiger charge is -1.98. The van der Waals surface area contributed by atoms with Crippen LogP contribution in [0.1, 0.15) is 17.4 Å². The van der Waals surface area contributed by atoms with Crippen LogP contribution in [0.5, 0.6) is 0 Å². The number of hydrogen-bond acceptors (Lipinski definition) is 2. The summed E-state index contributed by atoms with van der Waals surface area (Å²) in [4.78, 5) is 11.3. The second-order valence-corrected chi connectivity index (χ2v) is 3.46. The molecular formula is C8H11NOS. The molecule has 0 aliphatic heterocycles. The highest BCUT2D eigenvalue weighted by Gasteiger charge is 2.06. The van der Waals surface area contributed by atoms with Crippen LogP contribution >= 0.6 is 11.8 Å². The summed E-state index contributed by atoms with van der Waals surface area (Å²) < 4.78 is 1.84. The Morgan fingerprint density at radius 1 is 1.73 bits per heavy atom. The van der Waals surface area contributed by atoms with Crippen LogP contribution in [0.4, 0.5) is 0 Å². The van der Waals surface area contributed by atoms with E-state index in [0.717, 1.165) is 11.4 Å². The van der Waals surface area contributed by atoms with Crippen LogP contribution in [0, 0.1) is 0 Å². The fraction of sp³-hybridized carbons (Fsp3) is 0.375. The number of thioether (sulfide) groups is 1. The van der Waals surface area contributed by atoms with Gasteiger partial charge < -0.3 is 4.57 Å². The molecule has 2 nitrogen and oxygen atoms in total. The van der Waals surface area contributed by atoms with E-state index in [0.29, 0.717) is 0 Å². The third-order valence-corrected chi connectivity index (χ3v) is 2.19. The predicted octanol–water partition coefficient (Wildman–Crippen LogP) is 1.92. The fourth-order valence-corrected chi connectivity index (χ4v) is 1.50.